The van der Waals surface area contributed by atoms with Gasteiger partial charge in [0.2, 0.25) is 0 Å². The number of nitrogens with zero attached hydrogens (tertiary/aromatic N) is 2. The smallest absolute Gasteiger partial charge is 0.187 e. The van der Waals surface area contributed by atoms with E-state index in [4.69, 9.17) is 0 Å². The molecule has 0 aliphatic carbocycles. The minimum atomic E-state index is 0. The van der Waals surface area contributed by atoms with E-state index in [0.29, 0.717) is 0 Å². The van der Waals surface area contributed by atoms with E-state index in [0.717, 1.165) is 13.2 Å². The summed E-state index contributed by atoms with van der Waals surface area (Å²) in [5.74, 6) is 0. The second-order valence-corrected chi connectivity index (χ2v) is 2.10. The van der Waals surface area contributed by atoms with Gasteiger partial charge in [-0.2, -0.15) is 0 Å². The molecule has 0 spiro atoms. The molecule has 1 rings (SSSR count). The summed E-state index contributed by atoms with van der Waals surface area (Å²) in [6, 6.07) is 0. The summed E-state index contributed by atoms with van der Waals surface area (Å²) in [4.78, 5) is 4.41. The van der Waals surface area contributed by atoms with Crippen LogP contribution in [0.25, 0.3) is 0 Å². The highest BCUT2D eigenvalue weighted by Gasteiger charge is 2.03. The second-order valence-electron chi connectivity index (χ2n) is 2.10. The number of hydrogen-bond acceptors (Lipinski definition) is 2. The number of rotatable bonds is 1. The lowest BCUT2D eigenvalue weighted by atomic mass is 10.6. The quantitative estimate of drug-likeness (QED) is 0.582. The first-order chi connectivity index (χ1) is 3.83. The lowest BCUT2D eigenvalue weighted by Gasteiger charge is -2.14. The molecule has 1 aliphatic heterocycles. The van der Waals surface area contributed by atoms with Gasteiger partial charge in [-0.05, 0) is 6.92 Å². The van der Waals surface area contributed by atoms with Crippen LogP contribution in [0.15, 0.2) is 12.4 Å². The van der Waals surface area contributed by atoms with Crippen LogP contribution in [0.4, 0.5) is 0 Å². The molecule has 0 N–H and O–H groups in total. The Morgan fingerprint density at radius 1 is 1.27 bits per heavy atom. The molecule has 1 heterocycles. The van der Waals surface area contributed by atoms with Crippen LogP contribution in [0.5, 0.6) is 0 Å². The molecular formula is C6H17AlCl2N2. The summed E-state index contributed by atoms with van der Waals surface area (Å²) < 4.78 is 0. The minimum Gasteiger partial charge on any atom is -0.362 e. The van der Waals surface area contributed by atoms with Gasteiger partial charge in [-0.25, -0.2) is 0 Å². The van der Waals surface area contributed by atoms with Gasteiger partial charge in [0.15, 0.2) is 17.4 Å². The summed E-state index contributed by atoms with van der Waals surface area (Å²) in [7, 11) is 2.08. The Morgan fingerprint density at radius 2 is 1.82 bits per heavy atom. The summed E-state index contributed by atoms with van der Waals surface area (Å²) in [6.45, 7) is 4.32. The second kappa shape index (κ2) is 8.55. The van der Waals surface area contributed by atoms with Gasteiger partial charge in [0.1, 0.15) is 0 Å². The molecule has 0 atom stereocenters. The van der Waals surface area contributed by atoms with Crippen LogP contribution < -0.4 is 0 Å². The molecule has 2 nitrogen and oxygen atoms in total. The molecule has 0 bridgehead atoms. The average Bonchev–Trinajstić information content (AvgIpc) is 2.14. The number of halogens is 2. The molecule has 0 amide bonds. The molecule has 0 aromatic carbocycles. The largest absolute Gasteiger partial charge is 0.362 e. The van der Waals surface area contributed by atoms with Crippen molar-refractivity contribution in [2.45, 2.75) is 6.92 Å². The molecule has 0 aromatic heterocycles. The van der Waals surface area contributed by atoms with Gasteiger partial charge in [0.25, 0.3) is 0 Å². The SMILES string of the molecule is CCN1C=CN(C)C1.Cl.Cl.[AlH3]. The van der Waals surface area contributed by atoms with E-state index in [1.54, 1.807) is 0 Å². The molecule has 0 saturated heterocycles. The Labute approximate surface area is 91.6 Å². The van der Waals surface area contributed by atoms with Gasteiger partial charge < -0.3 is 9.80 Å². The van der Waals surface area contributed by atoms with E-state index in [9.17, 15) is 0 Å². The Morgan fingerprint density at radius 3 is 2.00 bits per heavy atom. The van der Waals surface area contributed by atoms with Gasteiger partial charge >= 0.3 is 0 Å². The fourth-order valence-electron chi connectivity index (χ4n) is 0.794. The molecule has 11 heavy (non-hydrogen) atoms. The Hall–Kier alpha value is 0.452. The Balaban J connectivity index is -0.000000213. The normalized spacial score (nSPS) is 13.3. The Bertz CT molecular complexity index is 111. The predicted molar refractivity (Wildman–Crippen MR) is 58.6 cm³/mol. The van der Waals surface area contributed by atoms with Crippen molar-refractivity contribution >= 4 is 42.2 Å². The number of hydrogen-bond donors (Lipinski definition) is 0. The molecule has 5 heteroatoms. The molecule has 0 fully saturated rings. The third-order valence-corrected chi connectivity index (χ3v) is 1.34. The maximum absolute atomic E-state index is 2.25. The molecule has 0 unspecified atom stereocenters. The van der Waals surface area contributed by atoms with Crippen LogP contribution in [0.1, 0.15) is 6.92 Å². The summed E-state index contributed by atoms with van der Waals surface area (Å²) >= 11 is 0. The summed E-state index contributed by atoms with van der Waals surface area (Å²) in [6.07, 6.45) is 4.20. The van der Waals surface area contributed by atoms with E-state index < -0.39 is 0 Å². The van der Waals surface area contributed by atoms with Crippen molar-refractivity contribution in [3.63, 3.8) is 0 Å². The van der Waals surface area contributed by atoms with Gasteiger partial charge in [-0.1, -0.05) is 0 Å². The molecule has 68 valence electrons. The van der Waals surface area contributed by atoms with E-state index >= 15 is 0 Å². The van der Waals surface area contributed by atoms with Crippen LogP contribution in [-0.2, 0) is 0 Å². The highest BCUT2D eigenvalue weighted by Crippen LogP contribution is 2.00. The third-order valence-electron chi connectivity index (χ3n) is 1.34. The van der Waals surface area contributed by atoms with Crippen molar-refractivity contribution in [1.82, 2.24) is 9.80 Å². The molecular weight excluding hydrogens is 198 g/mol. The van der Waals surface area contributed by atoms with E-state index in [1.807, 2.05) is 0 Å². The van der Waals surface area contributed by atoms with Crippen LogP contribution in [-0.4, -0.2) is 47.4 Å². The van der Waals surface area contributed by atoms with Crippen molar-refractivity contribution < 1.29 is 0 Å². The molecule has 0 aromatic rings. The van der Waals surface area contributed by atoms with Crippen LogP contribution in [0.3, 0.4) is 0 Å². The molecule has 0 radical (unpaired) electrons. The molecule has 0 saturated carbocycles. The highest BCUT2D eigenvalue weighted by atomic mass is 35.5. The van der Waals surface area contributed by atoms with E-state index in [2.05, 4.69) is 36.2 Å². The maximum atomic E-state index is 2.25. The van der Waals surface area contributed by atoms with E-state index in [-0.39, 0.29) is 42.2 Å². The fraction of sp³-hybridized carbons (Fsp3) is 0.667. The average molecular weight is 215 g/mol. The zero-order valence-electron chi connectivity index (χ0n) is 6.28. The predicted octanol–water partition coefficient (Wildman–Crippen LogP) is 0.342. The van der Waals surface area contributed by atoms with E-state index in [1.165, 1.54) is 0 Å². The standard InChI is InChI=1S/C6H12N2.Al.2ClH.3H/c1-3-8-5-4-7(2)6-8;;;;;;/h4-5H,3,6H2,1-2H3;;2*1H;;;. The van der Waals surface area contributed by atoms with Crippen LogP contribution >= 0.6 is 24.8 Å². The van der Waals surface area contributed by atoms with Gasteiger partial charge in [0, 0.05) is 26.0 Å². The zero-order valence-corrected chi connectivity index (χ0v) is 7.91. The lowest BCUT2D eigenvalue weighted by Crippen LogP contribution is -2.21. The fourth-order valence-corrected chi connectivity index (χ4v) is 0.794. The van der Waals surface area contributed by atoms with Crippen molar-refractivity contribution in [2.75, 3.05) is 20.3 Å². The highest BCUT2D eigenvalue weighted by molar-refractivity contribution is 5.85. The van der Waals surface area contributed by atoms with Crippen molar-refractivity contribution in [3.8, 4) is 0 Å². The third kappa shape index (κ3) is 5.69. The van der Waals surface area contributed by atoms with Gasteiger partial charge in [-0.15, -0.1) is 24.8 Å². The maximum Gasteiger partial charge on any atom is 0.187 e. The Kier molecular flexibility index (Phi) is 13.6. The van der Waals surface area contributed by atoms with Crippen LogP contribution in [0.2, 0.25) is 0 Å². The topological polar surface area (TPSA) is 6.48 Å². The van der Waals surface area contributed by atoms with Gasteiger partial charge in [-0.3, -0.25) is 0 Å². The van der Waals surface area contributed by atoms with Crippen molar-refractivity contribution in [2.24, 2.45) is 0 Å². The monoisotopic (exact) mass is 214 g/mol. The summed E-state index contributed by atoms with van der Waals surface area (Å²) in [5.41, 5.74) is 0. The first kappa shape index (κ1) is 17.5. The van der Waals surface area contributed by atoms with Gasteiger partial charge in [0.05, 0.1) is 6.67 Å². The van der Waals surface area contributed by atoms with Crippen molar-refractivity contribution in [3.05, 3.63) is 12.4 Å². The summed E-state index contributed by atoms with van der Waals surface area (Å²) in [5, 5.41) is 0. The molecule has 1 aliphatic rings. The van der Waals surface area contributed by atoms with Crippen LogP contribution in [0, 0.1) is 0 Å². The lowest BCUT2D eigenvalue weighted by molar-refractivity contribution is 0.308. The minimum absolute atomic E-state index is 0. The first-order valence-corrected chi connectivity index (χ1v) is 2.95. The first-order valence-electron chi connectivity index (χ1n) is 2.95. The van der Waals surface area contributed by atoms with Crippen molar-refractivity contribution in [1.29, 1.82) is 0 Å². The zero-order chi connectivity index (χ0) is 5.98.